The SMILES string of the molecule is CN=CC(=CN)c1cnc(C=N)c(NS(=O)(=O)c2cnc3ccc(-c4ccc(N5CCOCC5)cc4)cn23)c1. The predicted octanol–water partition coefficient (Wildman–Crippen LogP) is 3.03. The van der Waals surface area contributed by atoms with Gasteiger partial charge >= 0.3 is 0 Å². The zero-order chi connectivity index (χ0) is 27.4. The maximum atomic E-state index is 13.5. The summed E-state index contributed by atoms with van der Waals surface area (Å²) in [6, 6.07) is 13.4. The van der Waals surface area contributed by atoms with E-state index in [9.17, 15) is 8.42 Å². The van der Waals surface area contributed by atoms with Gasteiger partial charge in [-0.3, -0.25) is 19.1 Å². The number of pyridine rings is 2. The molecule has 11 nitrogen and oxygen atoms in total. The Kier molecular flexibility index (Phi) is 7.39. The Labute approximate surface area is 226 Å². The van der Waals surface area contributed by atoms with Crippen LogP contribution in [0.15, 0.2) is 77.3 Å². The highest BCUT2D eigenvalue weighted by atomic mass is 32.2. The Morgan fingerprint density at radius 1 is 1.10 bits per heavy atom. The Balaban J connectivity index is 1.47. The van der Waals surface area contributed by atoms with Crippen molar-refractivity contribution < 1.29 is 13.2 Å². The second-order valence-corrected chi connectivity index (χ2v) is 10.4. The van der Waals surface area contributed by atoms with Gasteiger partial charge in [0.2, 0.25) is 0 Å². The number of aromatic nitrogens is 3. The van der Waals surface area contributed by atoms with E-state index < -0.39 is 10.0 Å². The maximum Gasteiger partial charge on any atom is 0.279 e. The standard InChI is InChI=1S/C27H28N8O3S/c1-30-15-22(13-28)21-12-24(25(14-29)31-16-21)33-39(36,37)27-17-32-26-7-4-20(18-35(26)27)19-2-5-23(6-3-19)34-8-10-38-11-9-34/h2-7,12-18,29,33H,8-11,28H2,1H3. The molecule has 1 aromatic carbocycles. The van der Waals surface area contributed by atoms with Crippen LogP contribution in [-0.4, -0.2) is 68.6 Å². The summed E-state index contributed by atoms with van der Waals surface area (Å²) in [5.41, 5.74) is 10.5. The lowest BCUT2D eigenvalue weighted by Crippen LogP contribution is -2.36. The minimum Gasteiger partial charge on any atom is -0.404 e. The van der Waals surface area contributed by atoms with Crippen LogP contribution in [0.3, 0.4) is 0 Å². The van der Waals surface area contributed by atoms with Crippen molar-refractivity contribution in [3.63, 3.8) is 0 Å². The number of allylic oxidation sites excluding steroid dienone is 1. The Morgan fingerprint density at radius 3 is 2.54 bits per heavy atom. The molecule has 1 aliphatic rings. The van der Waals surface area contributed by atoms with E-state index in [1.54, 1.807) is 31.6 Å². The highest BCUT2D eigenvalue weighted by Crippen LogP contribution is 2.27. The smallest absolute Gasteiger partial charge is 0.279 e. The van der Waals surface area contributed by atoms with Gasteiger partial charge in [-0.15, -0.1) is 0 Å². The van der Waals surface area contributed by atoms with Crippen molar-refractivity contribution in [2.75, 3.05) is 43.0 Å². The molecule has 5 rings (SSSR count). The third kappa shape index (κ3) is 5.38. The zero-order valence-corrected chi connectivity index (χ0v) is 22.1. The first-order valence-electron chi connectivity index (χ1n) is 12.2. The minimum atomic E-state index is -4.11. The van der Waals surface area contributed by atoms with Crippen molar-refractivity contribution in [1.29, 1.82) is 5.41 Å². The van der Waals surface area contributed by atoms with Crippen molar-refractivity contribution in [3.8, 4) is 11.1 Å². The fraction of sp³-hybridized carbons (Fsp3) is 0.185. The Morgan fingerprint density at radius 2 is 1.85 bits per heavy atom. The number of hydrogen-bond acceptors (Lipinski definition) is 9. The van der Waals surface area contributed by atoms with Crippen LogP contribution >= 0.6 is 0 Å². The number of fused-ring (bicyclic) bond motifs is 1. The van der Waals surface area contributed by atoms with Gasteiger partial charge in [0.15, 0.2) is 5.03 Å². The maximum absolute atomic E-state index is 13.5. The summed E-state index contributed by atoms with van der Waals surface area (Å²) in [5, 5.41) is 7.64. The summed E-state index contributed by atoms with van der Waals surface area (Å²) in [7, 11) is -2.51. The van der Waals surface area contributed by atoms with Gasteiger partial charge in [0.25, 0.3) is 10.0 Å². The number of sulfonamides is 1. The summed E-state index contributed by atoms with van der Waals surface area (Å²) < 4.78 is 36.6. The first-order valence-corrected chi connectivity index (χ1v) is 13.7. The summed E-state index contributed by atoms with van der Waals surface area (Å²) in [6.45, 7) is 3.12. The first kappa shape index (κ1) is 26.1. The van der Waals surface area contributed by atoms with Gasteiger partial charge in [0.05, 0.1) is 25.1 Å². The van der Waals surface area contributed by atoms with E-state index in [-0.39, 0.29) is 16.4 Å². The third-order valence-electron chi connectivity index (χ3n) is 6.40. The molecule has 1 fully saturated rings. The molecular weight excluding hydrogens is 516 g/mol. The van der Waals surface area contributed by atoms with E-state index >= 15 is 0 Å². The van der Waals surface area contributed by atoms with E-state index in [1.165, 1.54) is 23.0 Å². The molecule has 4 N–H and O–H groups in total. The predicted molar refractivity (Wildman–Crippen MR) is 153 cm³/mol. The van der Waals surface area contributed by atoms with Gasteiger partial charge in [0.1, 0.15) is 11.3 Å². The van der Waals surface area contributed by atoms with E-state index in [2.05, 4.69) is 36.7 Å². The summed E-state index contributed by atoms with van der Waals surface area (Å²) in [4.78, 5) is 14.7. The summed E-state index contributed by atoms with van der Waals surface area (Å²) in [6.07, 6.45) is 8.43. The fourth-order valence-electron chi connectivity index (χ4n) is 4.39. The number of nitrogens with two attached hydrogens (primary N) is 1. The monoisotopic (exact) mass is 544 g/mol. The topological polar surface area (TPSA) is 151 Å². The molecule has 0 unspecified atom stereocenters. The number of hydrogen-bond donors (Lipinski definition) is 3. The van der Waals surface area contributed by atoms with Crippen molar-refractivity contribution in [2.24, 2.45) is 10.7 Å². The van der Waals surface area contributed by atoms with E-state index in [4.69, 9.17) is 15.9 Å². The van der Waals surface area contributed by atoms with E-state index in [0.717, 1.165) is 36.1 Å². The van der Waals surface area contributed by atoms with Gasteiger partial charge in [-0.25, -0.2) is 4.98 Å². The van der Waals surface area contributed by atoms with Crippen LogP contribution in [0.2, 0.25) is 0 Å². The molecule has 39 heavy (non-hydrogen) atoms. The fourth-order valence-corrected chi connectivity index (χ4v) is 5.55. The number of aliphatic imine (C=N–C) groups is 1. The van der Waals surface area contributed by atoms with Crippen LogP contribution in [0.5, 0.6) is 0 Å². The van der Waals surface area contributed by atoms with Gasteiger partial charge in [-0.1, -0.05) is 12.1 Å². The summed E-state index contributed by atoms with van der Waals surface area (Å²) >= 11 is 0. The average molecular weight is 545 g/mol. The number of nitrogens with zero attached hydrogens (tertiary/aromatic N) is 5. The van der Waals surface area contributed by atoms with E-state index in [1.807, 2.05) is 18.2 Å². The number of benzene rings is 1. The highest BCUT2D eigenvalue weighted by molar-refractivity contribution is 7.92. The molecule has 1 saturated heterocycles. The molecule has 4 heterocycles. The Bertz CT molecular complexity index is 1670. The Hall–Kier alpha value is -4.55. The van der Waals surface area contributed by atoms with Crippen molar-refractivity contribution >= 4 is 45.0 Å². The van der Waals surface area contributed by atoms with Crippen LogP contribution in [0.4, 0.5) is 11.4 Å². The quantitative estimate of drug-likeness (QED) is 0.288. The third-order valence-corrected chi connectivity index (χ3v) is 7.75. The van der Waals surface area contributed by atoms with Gasteiger partial charge < -0.3 is 20.8 Å². The van der Waals surface area contributed by atoms with Crippen LogP contribution in [0.1, 0.15) is 11.3 Å². The normalized spacial score (nSPS) is 14.7. The van der Waals surface area contributed by atoms with Crippen LogP contribution < -0.4 is 15.4 Å². The number of nitrogens with one attached hydrogen (secondary N) is 2. The van der Waals surface area contributed by atoms with Crippen molar-refractivity contribution in [1.82, 2.24) is 14.4 Å². The number of morpholine rings is 1. The average Bonchev–Trinajstić information content (AvgIpc) is 3.41. The molecule has 0 radical (unpaired) electrons. The van der Waals surface area contributed by atoms with Crippen LogP contribution in [0.25, 0.3) is 22.3 Å². The van der Waals surface area contributed by atoms with Crippen molar-refractivity contribution in [2.45, 2.75) is 5.03 Å². The number of anilines is 2. The van der Waals surface area contributed by atoms with E-state index in [0.29, 0.717) is 30.0 Å². The number of rotatable bonds is 8. The highest BCUT2D eigenvalue weighted by Gasteiger charge is 2.22. The molecule has 0 bridgehead atoms. The molecule has 1 aliphatic heterocycles. The number of ether oxygens (including phenoxy) is 1. The molecule has 0 spiro atoms. The largest absolute Gasteiger partial charge is 0.404 e. The van der Waals surface area contributed by atoms with Crippen molar-refractivity contribution in [3.05, 3.63) is 78.5 Å². The first-order chi connectivity index (χ1) is 18.9. The molecular formula is C27H28N8O3S. The second-order valence-electron chi connectivity index (χ2n) is 8.80. The lowest BCUT2D eigenvalue weighted by molar-refractivity contribution is 0.122. The molecule has 0 amide bonds. The van der Waals surface area contributed by atoms with Gasteiger partial charge in [-0.05, 0) is 41.5 Å². The lowest BCUT2D eigenvalue weighted by Gasteiger charge is -2.28. The number of imidazole rings is 1. The second kappa shape index (κ2) is 11.1. The molecule has 200 valence electrons. The minimum absolute atomic E-state index is 0.0460. The zero-order valence-electron chi connectivity index (χ0n) is 21.3. The molecule has 4 aromatic rings. The summed E-state index contributed by atoms with van der Waals surface area (Å²) in [5.74, 6) is 0. The molecule has 3 aromatic heterocycles. The molecule has 0 saturated carbocycles. The van der Waals surface area contributed by atoms with Crippen LogP contribution in [-0.2, 0) is 14.8 Å². The molecule has 0 atom stereocenters. The van der Waals surface area contributed by atoms with Gasteiger partial charge in [0, 0.05) is 68.0 Å². The van der Waals surface area contributed by atoms with Crippen LogP contribution in [0, 0.1) is 5.41 Å². The molecule has 0 aliphatic carbocycles. The van der Waals surface area contributed by atoms with Gasteiger partial charge in [-0.2, -0.15) is 8.42 Å². The lowest BCUT2D eigenvalue weighted by atomic mass is 10.1. The molecule has 12 heteroatoms.